The fourth-order valence-electron chi connectivity index (χ4n) is 1.11. The highest BCUT2D eigenvalue weighted by atomic mass is 35.5. The van der Waals surface area contributed by atoms with Crippen molar-refractivity contribution in [1.82, 2.24) is 0 Å². The molecule has 1 aliphatic rings. The molecule has 0 atom stereocenters. The molecule has 0 saturated heterocycles. The summed E-state index contributed by atoms with van der Waals surface area (Å²) in [6.45, 7) is 2.02. The number of aryl methyl sites for hydroxylation is 1. The predicted octanol–water partition coefficient (Wildman–Crippen LogP) is 3.12. The summed E-state index contributed by atoms with van der Waals surface area (Å²) in [4.78, 5) is 1.26. The van der Waals surface area contributed by atoms with Gasteiger partial charge in [-0.3, -0.25) is 0 Å². The second-order valence-electron chi connectivity index (χ2n) is 2.56. The van der Waals surface area contributed by atoms with E-state index in [2.05, 4.69) is 11.4 Å². The molecule has 0 radical (unpaired) electrons. The third kappa shape index (κ3) is 1.21. The van der Waals surface area contributed by atoms with Crippen LogP contribution in [-0.4, -0.2) is 5.88 Å². The minimum atomic E-state index is 0.861. The summed E-state index contributed by atoms with van der Waals surface area (Å²) in [6.07, 6.45) is 0. The van der Waals surface area contributed by atoms with Gasteiger partial charge in [-0.05, 0) is 24.6 Å². The average Bonchev–Trinajstić information content (AvgIpc) is 2.36. The zero-order valence-corrected chi connectivity index (χ0v) is 7.72. The Morgan fingerprint density at radius 1 is 1.55 bits per heavy atom. The van der Waals surface area contributed by atoms with Gasteiger partial charge in [-0.1, -0.05) is 11.6 Å². The number of nitrogens with one attached hydrogen (secondary N) is 1. The molecule has 0 saturated carbocycles. The maximum absolute atomic E-state index is 5.95. The Morgan fingerprint density at radius 3 is 3.18 bits per heavy atom. The highest BCUT2D eigenvalue weighted by Crippen LogP contribution is 2.36. The lowest BCUT2D eigenvalue weighted by Crippen LogP contribution is -1.88. The van der Waals surface area contributed by atoms with Gasteiger partial charge >= 0.3 is 0 Å². The molecule has 3 heteroatoms. The summed E-state index contributed by atoms with van der Waals surface area (Å²) in [6, 6.07) is 4.12. The Kier molecular flexibility index (Phi) is 1.74. The van der Waals surface area contributed by atoms with Crippen LogP contribution >= 0.6 is 23.4 Å². The Bertz CT molecular complexity index is 269. The van der Waals surface area contributed by atoms with Crippen molar-refractivity contribution < 1.29 is 0 Å². The number of hydrogen-bond donors (Lipinski definition) is 1. The fraction of sp³-hybridized carbons (Fsp3) is 0.250. The molecule has 58 valence electrons. The molecule has 1 aliphatic heterocycles. The van der Waals surface area contributed by atoms with E-state index in [0.29, 0.717) is 0 Å². The SMILES string of the molecule is Cc1cc2c(cc1Cl)SCN2. The highest BCUT2D eigenvalue weighted by molar-refractivity contribution is 7.99. The lowest BCUT2D eigenvalue weighted by atomic mass is 10.2. The summed E-state index contributed by atoms with van der Waals surface area (Å²) in [5.41, 5.74) is 2.36. The molecule has 1 nitrogen and oxygen atoms in total. The molecule has 1 heterocycles. The predicted molar refractivity (Wildman–Crippen MR) is 50.5 cm³/mol. The van der Waals surface area contributed by atoms with Crippen LogP contribution in [0.3, 0.4) is 0 Å². The first-order chi connectivity index (χ1) is 5.27. The molecule has 1 N–H and O–H groups in total. The monoisotopic (exact) mass is 185 g/mol. The molecule has 1 aromatic carbocycles. The van der Waals surface area contributed by atoms with E-state index >= 15 is 0 Å². The summed E-state index contributed by atoms with van der Waals surface area (Å²) in [7, 11) is 0. The summed E-state index contributed by atoms with van der Waals surface area (Å²) in [5.74, 6) is 0.967. The second-order valence-corrected chi connectivity index (χ2v) is 3.99. The fourth-order valence-corrected chi connectivity index (χ4v) is 2.21. The van der Waals surface area contributed by atoms with Crippen molar-refractivity contribution in [2.45, 2.75) is 11.8 Å². The molecule has 0 spiro atoms. The van der Waals surface area contributed by atoms with E-state index in [1.807, 2.05) is 13.0 Å². The Labute approximate surface area is 75.1 Å². The van der Waals surface area contributed by atoms with E-state index in [-0.39, 0.29) is 0 Å². The van der Waals surface area contributed by atoms with Crippen LogP contribution in [0.4, 0.5) is 5.69 Å². The van der Waals surface area contributed by atoms with Crippen molar-refractivity contribution in [2.24, 2.45) is 0 Å². The zero-order chi connectivity index (χ0) is 7.84. The Morgan fingerprint density at radius 2 is 2.36 bits per heavy atom. The molecule has 0 unspecified atom stereocenters. The third-order valence-electron chi connectivity index (χ3n) is 1.75. The van der Waals surface area contributed by atoms with E-state index in [0.717, 1.165) is 16.5 Å². The van der Waals surface area contributed by atoms with Gasteiger partial charge < -0.3 is 5.32 Å². The standard InChI is InChI=1S/C8H8ClNS/c1-5-2-7-8(3-6(5)9)11-4-10-7/h2-3,10H,4H2,1H3. The minimum absolute atomic E-state index is 0.861. The molecule has 11 heavy (non-hydrogen) atoms. The van der Waals surface area contributed by atoms with Crippen molar-refractivity contribution in [3.05, 3.63) is 22.7 Å². The van der Waals surface area contributed by atoms with Crippen molar-refractivity contribution in [3.8, 4) is 0 Å². The van der Waals surface area contributed by atoms with Gasteiger partial charge in [0.05, 0.1) is 5.88 Å². The first kappa shape index (κ1) is 7.32. The average molecular weight is 186 g/mol. The van der Waals surface area contributed by atoms with Crippen molar-refractivity contribution >= 4 is 29.1 Å². The summed E-state index contributed by atoms with van der Waals surface area (Å²) < 4.78 is 0. The lowest BCUT2D eigenvalue weighted by Gasteiger charge is -2.01. The van der Waals surface area contributed by atoms with Crippen LogP contribution in [0.15, 0.2) is 17.0 Å². The molecule has 0 aliphatic carbocycles. The van der Waals surface area contributed by atoms with E-state index < -0.39 is 0 Å². The second kappa shape index (κ2) is 2.61. The molecule has 0 fully saturated rings. The number of fused-ring (bicyclic) bond motifs is 1. The molecule has 0 aromatic heterocycles. The lowest BCUT2D eigenvalue weighted by molar-refractivity contribution is 1.37. The third-order valence-corrected chi connectivity index (χ3v) is 3.10. The van der Waals surface area contributed by atoms with Crippen LogP contribution in [0, 0.1) is 6.92 Å². The number of rotatable bonds is 0. The van der Waals surface area contributed by atoms with Gasteiger partial charge in [0.15, 0.2) is 0 Å². The summed E-state index contributed by atoms with van der Waals surface area (Å²) in [5, 5.41) is 4.13. The van der Waals surface area contributed by atoms with Crippen molar-refractivity contribution in [3.63, 3.8) is 0 Å². The highest BCUT2D eigenvalue weighted by Gasteiger charge is 2.11. The van der Waals surface area contributed by atoms with Crippen LogP contribution < -0.4 is 5.32 Å². The van der Waals surface area contributed by atoms with E-state index in [9.17, 15) is 0 Å². The number of thioether (sulfide) groups is 1. The summed E-state index contributed by atoms with van der Waals surface area (Å²) >= 11 is 7.75. The van der Waals surface area contributed by atoms with Crippen LogP contribution in [0.2, 0.25) is 5.02 Å². The molecular weight excluding hydrogens is 178 g/mol. The van der Waals surface area contributed by atoms with Gasteiger partial charge in [0.25, 0.3) is 0 Å². The number of halogens is 1. The van der Waals surface area contributed by atoms with Gasteiger partial charge in [0.2, 0.25) is 0 Å². The minimum Gasteiger partial charge on any atom is -0.375 e. The maximum atomic E-state index is 5.95. The first-order valence-electron chi connectivity index (χ1n) is 3.44. The van der Waals surface area contributed by atoms with Crippen LogP contribution in [0.1, 0.15) is 5.56 Å². The smallest absolute Gasteiger partial charge is 0.0658 e. The number of anilines is 1. The van der Waals surface area contributed by atoms with Crippen molar-refractivity contribution in [2.75, 3.05) is 11.2 Å². The Hall–Kier alpha value is -0.340. The van der Waals surface area contributed by atoms with Gasteiger partial charge in [-0.15, -0.1) is 11.8 Å². The van der Waals surface area contributed by atoms with Crippen LogP contribution in [0.25, 0.3) is 0 Å². The first-order valence-corrected chi connectivity index (χ1v) is 4.80. The van der Waals surface area contributed by atoms with Crippen molar-refractivity contribution in [1.29, 1.82) is 0 Å². The van der Waals surface area contributed by atoms with Gasteiger partial charge in [-0.2, -0.15) is 0 Å². The van der Waals surface area contributed by atoms with Gasteiger partial charge in [0, 0.05) is 15.6 Å². The molecule has 2 rings (SSSR count). The molecule has 1 aromatic rings. The molecule has 0 amide bonds. The normalized spacial score (nSPS) is 14.4. The maximum Gasteiger partial charge on any atom is 0.0658 e. The van der Waals surface area contributed by atoms with E-state index in [1.165, 1.54) is 10.6 Å². The van der Waals surface area contributed by atoms with Gasteiger partial charge in [0.1, 0.15) is 0 Å². The largest absolute Gasteiger partial charge is 0.375 e. The zero-order valence-electron chi connectivity index (χ0n) is 6.15. The van der Waals surface area contributed by atoms with Gasteiger partial charge in [-0.25, -0.2) is 0 Å². The van der Waals surface area contributed by atoms with E-state index in [1.54, 1.807) is 11.8 Å². The number of hydrogen-bond acceptors (Lipinski definition) is 2. The van der Waals surface area contributed by atoms with Crippen LogP contribution in [-0.2, 0) is 0 Å². The molecular formula is C8H8ClNS. The Balaban J connectivity index is 2.57. The quantitative estimate of drug-likeness (QED) is 0.667. The van der Waals surface area contributed by atoms with Crippen LogP contribution in [0.5, 0.6) is 0 Å². The molecule has 0 bridgehead atoms. The van der Waals surface area contributed by atoms with E-state index in [4.69, 9.17) is 11.6 Å². The topological polar surface area (TPSA) is 12.0 Å². The number of benzene rings is 1.